The van der Waals surface area contributed by atoms with Crippen molar-refractivity contribution in [2.75, 3.05) is 6.54 Å². The van der Waals surface area contributed by atoms with Gasteiger partial charge in [0, 0.05) is 0 Å². The number of quaternary nitrogens is 1. The summed E-state index contributed by atoms with van der Waals surface area (Å²) in [5, 5.41) is 0. The molecule has 0 amide bonds. The molecule has 0 aliphatic heterocycles. The second-order valence-electron chi connectivity index (χ2n) is 1.68. The Kier molecular flexibility index (Phi) is 1.70. The molecule has 3 N–H and O–H groups in total. The van der Waals surface area contributed by atoms with Crippen molar-refractivity contribution in [3.63, 3.8) is 0 Å². The third kappa shape index (κ3) is 1.10. The van der Waals surface area contributed by atoms with Gasteiger partial charge in [-0.2, -0.15) is 0 Å². The van der Waals surface area contributed by atoms with Crippen LogP contribution >= 0.6 is 0 Å². The van der Waals surface area contributed by atoms with Crippen LogP contribution < -0.4 is 5.73 Å². The van der Waals surface area contributed by atoms with E-state index in [-0.39, 0.29) is 0 Å². The fourth-order valence-corrected chi connectivity index (χ4v) is 0.629. The summed E-state index contributed by atoms with van der Waals surface area (Å²) in [5.41, 5.74) is 3.70. The Labute approximate surface area is 48.3 Å². The van der Waals surface area contributed by atoms with Crippen molar-refractivity contribution < 1.29 is 10.2 Å². The zero-order chi connectivity index (χ0) is 5.82. The molecule has 0 aliphatic rings. The molecular formula is C6H10NO+. The van der Waals surface area contributed by atoms with E-state index < -0.39 is 0 Å². The Bertz CT molecular complexity index is 134. The van der Waals surface area contributed by atoms with E-state index in [1.165, 1.54) is 0 Å². The van der Waals surface area contributed by atoms with Gasteiger partial charge in [-0.25, -0.2) is 0 Å². The molecule has 0 fully saturated rings. The van der Waals surface area contributed by atoms with Crippen molar-refractivity contribution in [1.82, 2.24) is 0 Å². The molecule has 8 heavy (non-hydrogen) atoms. The van der Waals surface area contributed by atoms with Gasteiger partial charge in [-0.05, 0) is 12.1 Å². The summed E-state index contributed by atoms with van der Waals surface area (Å²) >= 11 is 0. The molecule has 1 aromatic heterocycles. The first kappa shape index (κ1) is 5.38. The molecule has 1 heterocycles. The molecule has 0 saturated carbocycles. The maximum absolute atomic E-state index is 5.03. The van der Waals surface area contributed by atoms with Crippen molar-refractivity contribution in [2.24, 2.45) is 0 Å². The van der Waals surface area contributed by atoms with Gasteiger partial charge in [0.1, 0.15) is 5.76 Å². The molecule has 2 heteroatoms. The lowest BCUT2D eigenvalue weighted by molar-refractivity contribution is -0.367. The number of hydrogen-bond acceptors (Lipinski definition) is 1. The Balaban J connectivity index is 2.50. The van der Waals surface area contributed by atoms with Crippen molar-refractivity contribution in [3.8, 4) is 0 Å². The monoisotopic (exact) mass is 112 g/mol. The summed E-state index contributed by atoms with van der Waals surface area (Å²) < 4.78 is 5.03. The Morgan fingerprint density at radius 3 is 3.00 bits per heavy atom. The van der Waals surface area contributed by atoms with Gasteiger partial charge in [0.15, 0.2) is 0 Å². The van der Waals surface area contributed by atoms with E-state index in [0.29, 0.717) is 0 Å². The molecule has 2 nitrogen and oxygen atoms in total. The van der Waals surface area contributed by atoms with Crippen molar-refractivity contribution in [2.45, 2.75) is 6.42 Å². The lowest BCUT2D eigenvalue weighted by Crippen LogP contribution is -2.51. The molecule has 1 aromatic rings. The van der Waals surface area contributed by atoms with Gasteiger partial charge in [-0.3, -0.25) is 0 Å². The smallest absolute Gasteiger partial charge is 0.109 e. The largest absolute Gasteiger partial charge is 0.469 e. The first-order valence-corrected chi connectivity index (χ1v) is 2.75. The van der Waals surface area contributed by atoms with Crippen LogP contribution in [0.15, 0.2) is 22.8 Å². The van der Waals surface area contributed by atoms with E-state index in [1.807, 2.05) is 12.1 Å². The van der Waals surface area contributed by atoms with Crippen molar-refractivity contribution >= 4 is 0 Å². The Hall–Kier alpha value is -0.760. The zero-order valence-corrected chi connectivity index (χ0v) is 4.76. The fourth-order valence-electron chi connectivity index (χ4n) is 0.629. The standard InChI is InChI=1S/C6H9NO/c7-4-3-6-2-1-5-8-6/h1-2,5H,3-4,7H2/p+1. The molecule has 0 spiro atoms. The Morgan fingerprint density at radius 2 is 2.50 bits per heavy atom. The van der Waals surface area contributed by atoms with Gasteiger partial charge in [-0.1, -0.05) is 0 Å². The summed E-state index contributed by atoms with van der Waals surface area (Å²) in [5.74, 6) is 1.03. The predicted molar refractivity (Wildman–Crippen MR) is 30.2 cm³/mol. The third-order valence-electron chi connectivity index (χ3n) is 1.00. The molecule has 44 valence electrons. The normalized spacial score (nSPS) is 9.62. The van der Waals surface area contributed by atoms with Crippen LogP contribution in [0, 0.1) is 0 Å². The van der Waals surface area contributed by atoms with Crippen LogP contribution in [0.1, 0.15) is 5.76 Å². The maximum atomic E-state index is 5.03. The van der Waals surface area contributed by atoms with Crippen molar-refractivity contribution in [1.29, 1.82) is 0 Å². The highest BCUT2D eigenvalue weighted by Crippen LogP contribution is 1.97. The van der Waals surface area contributed by atoms with Gasteiger partial charge in [-0.15, -0.1) is 0 Å². The molecule has 0 aliphatic carbocycles. The van der Waals surface area contributed by atoms with Crippen LogP contribution in [0.2, 0.25) is 0 Å². The molecule has 0 aromatic carbocycles. The summed E-state index contributed by atoms with van der Waals surface area (Å²) in [4.78, 5) is 0. The van der Waals surface area contributed by atoms with E-state index in [0.717, 1.165) is 18.7 Å². The highest BCUT2D eigenvalue weighted by atomic mass is 16.3. The molecule has 0 atom stereocenters. The highest BCUT2D eigenvalue weighted by molar-refractivity contribution is 4.97. The minimum Gasteiger partial charge on any atom is -0.469 e. The van der Waals surface area contributed by atoms with Crippen molar-refractivity contribution in [3.05, 3.63) is 24.2 Å². The van der Waals surface area contributed by atoms with E-state index >= 15 is 0 Å². The lowest BCUT2D eigenvalue weighted by Gasteiger charge is -1.84. The zero-order valence-electron chi connectivity index (χ0n) is 4.76. The maximum Gasteiger partial charge on any atom is 0.109 e. The van der Waals surface area contributed by atoms with Crippen LogP contribution in [0.25, 0.3) is 0 Å². The fraction of sp³-hybridized carbons (Fsp3) is 0.333. The van der Waals surface area contributed by atoms with Gasteiger partial charge < -0.3 is 10.2 Å². The number of rotatable bonds is 2. The summed E-state index contributed by atoms with van der Waals surface area (Å²) in [7, 11) is 0. The molecule has 0 unspecified atom stereocenters. The van der Waals surface area contributed by atoms with Crippen LogP contribution in [0.3, 0.4) is 0 Å². The molecule has 1 rings (SSSR count). The summed E-state index contributed by atoms with van der Waals surface area (Å²) in [6.45, 7) is 0.910. The van der Waals surface area contributed by atoms with Gasteiger partial charge in [0.05, 0.1) is 19.2 Å². The quantitative estimate of drug-likeness (QED) is 0.577. The summed E-state index contributed by atoms with van der Waals surface area (Å²) in [6.07, 6.45) is 2.64. The first-order chi connectivity index (χ1) is 3.93. The van der Waals surface area contributed by atoms with Crippen LogP contribution in [0.4, 0.5) is 0 Å². The first-order valence-electron chi connectivity index (χ1n) is 2.75. The molecule has 0 saturated heterocycles. The van der Waals surface area contributed by atoms with Crippen LogP contribution in [0.5, 0.6) is 0 Å². The second-order valence-corrected chi connectivity index (χ2v) is 1.68. The van der Waals surface area contributed by atoms with E-state index in [4.69, 9.17) is 4.42 Å². The number of hydrogen-bond donors (Lipinski definition) is 1. The summed E-state index contributed by atoms with van der Waals surface area (Å²) in [6, 6.07) is 3.86. The van der Waals surface area contributed by atoms with Crippen LogP contribution in [-0.4, -0.2) is 6.54 Å². The highest BCUT2D eigenvalue weighted by Gasteiger charge is 1.90. The topological polar surface area (TPSA) is 40.8 Å². The number of furan rings is 1. The van der Waals surface area contributed by atoms with E-state index in [2.05, 4.69) is 5.73 Å². The molecular weight excluding hydrogens is 102 g/mol. The second kappa shape index (κ2) is 2.52. The van der Waals surface area contributed by atoms with Crippen LogP contribution in [-0.2, 0) is 6.42 Å². The minimum atomic E-state index is 0.910. The molecule has 0 radical (unpaired) electrons. The average molecular weight is 112 g/mol. The van der Waals surface area contributed by atoms with E-state index in [9.17, 15) is 0 Å². The average Bonchev–Trinajstić information content (AvgIpc) is 2.19. The van der Waals surface area contributed by atoms with Gasteiger partial charge in [0.25, 0.3) is 0 Å². The van der Waals surface area contributed by atoms with E-state index in [1.54, 1.807) is 6.26 Å². The lowest BCUT2D eigenvalue weighted by atomic mass is 10.3. The van der Waals surface area contributed by atoms with Gasteiger partial charge in [0.2, 0.25) is 0 Å². The SMILES string of the molecule is [NH3+]CCc1ccco1. The predicted octanol–water partition coefficient (Wildman–Crippen LogP) is 0.0640. The molecule has 0 bridgehead atoms. The Morgan fingerprint density at radius 1 is 1.62 bits per heavy atom. The third-order valence-corrected chi connectivity index (χ3v) is 1.00. The van der Waals surface area contributed by atoms with Gasteiger partial charge >= 0.3 is 0 Å². The minimum absolute atomic E-state index is 0.910.